The highest BCUT2D eigenvalue weighted by molar-refractivity contribution is 6.31. The fraction of sp³-hybridized carbons (Fsp3) is 0.263. The summed E-state index contributed by atoms with van der Waals surface area (Å²) in [6, 6.07) is 15.7. The molecule has 1 saturated heterocycles. The summed E-state index contributed by atoms with van der Waals surface area (Å²) < 4.78 is 0. The highest BCUT2D eigenvalue weighted by atomic mass is 35.5. The van der Waals surface area contributed by atoms with Crippen molar-refractivity contribution >= 4 is 28.2 Å². The Bertz CT molecular complexity index is 933. The molecule has 25 heavy (non-hydrogen) atoms. The number of benzene rings is 2. The van der Waals surface area contributed by atoms with Gasteiger partial charge in [0.2, 0.25) is 0 Å². The molecule has 128 valence electrons. The minimum atomic E-state index is -0.134. The minimum absolute atomic E-state index is 0.134. The van der Waals surface area contributed by atoms with Crippen molar-refractivity contribution in [3.8, 4) is 0 Å². The molecule has 1 aliphatic rings. The Morgan fingerprint density at radius 1 is 1.04 bits per heavy atom. The first-order chi connectivity index (χ1) is 12.2. The Kier molecular flexibility index (Phi) is 4.42. The zero-order chi connectivity index (χ0) is 17.2. The number of aromatic nitrogens is 2. The number of hydrogen-bond donors (Lipinski definition) is 1. The fourth-order valence-electron chi connectivity index (χ4n) is 3.25. The number of hydrogen-bond acceptors (Lipinski definition) is 4. The highest BCUT2D eigenvalue weighted by Crippen LogP contribution is 2.17. The Morgan fingerprint density at radius 2 is 1.80 bits per heavy atom. The molecule has 2 heterocycles. The third-order valence-electron chi connectivity index (χ3n) is 4.58. The second-order valence-electron chi connectivity index (χ2n) is 6.27. The lowest BCUT2D eigenvalue weighted by molar-refractivity contribution is 0.244. The zero-order valence-electron chi connectivity index (χ0n) is 13.8. The highest BCUT2D eigenvalue weighted by Gasteiger charge is 2.18. The van der Waals surface area contributed by atoms with E-state index >= 15 is 0 Å². The lowest BCUT2D eigenvalue weighted by Crippen LogP contribution is -2.46. The van der Waals surface area contributed by atoms with Crippen LogP contribution in [0, 0.1) is 0 Å². The van der Waals surface area contributed by atoms with E-state index in [0.717, 1.165) is 26.2 Å². The van der Waals surface area contributed by atoms with Crippen molar-refractivity contribution in [2.45, 2.75) is 6.54 Å². The van der Waals surface area contributed by atoms with Crippen LogP contribution in [-0.4, -0.2) is 41.0 Å². The predicted molar refractivity (Wildman–Crippen MR) is 101 cm³/mol. The van der Waals surface area contributed by atoms with Crippen LogP contribution in [0.15, 0.2) is 53.3 Å². The molecule has 0 aliphatic carbocycles. The van der Waals surface area contributed by atoms with Crippen LogP contribution in [0.3, 0.4) is 0 Å². The van der Waals surface area contributed by atoms with Crippen LogP contribution in [0.2, 0.25) is 5.02 Å². The summed E-state index contributed by atoms with van der Waals surface area (Å²) in [5.74, 6) is 0.702. The molecule has 1 fully saturated rings. The van der Waals surface area contributed by atoms with Gasteiger partial charge in [0.25, 0.3) is 5.56 Å². The average molecular weight is 355 g/mol. The molecule has 0 saturated carbocycles. The topological polar surface area (TPSA) is 52.2 Å². The summed E-state index contributed by atoms with van der Waals surface area (Å²) in [5.41, 5.74) is 1.81. The van der Waals surface area contributed by atoms with E-state index in [0.29, 0.717) is 28.3 Å². The van der Waals surface area contributed by atoms with E-state index in [4.69, 9.17) is 11.6 Å². The van der Waals surface area contributed by atoms with Crippen molar-refractivity contribution < 1.29 is 0 Å². The summed E-state index contributed by atoms with van der Waals surface area (Å²) >= 11 is 5.96. The van der Waals surface area contributed by atoms with Crippen LogP contribution in [0.25, 0.3) is 10.9 Å². The molecule has 4 rings (SSSR count). The monoisotopic (exact) mass is 354 g/mol. The molecule has 6 heteroatoms. The van der Waals surface area contributed by atoms with E-state index in [-0.39, 0.29) is 5.56 Å². The summed E-state index contributed by atoms with van der Waals surface area (Å²) in [5, 5.41) is 1.08. The van der Waals surface area contributed by atoms with Crippen LogP contribution in [0.1, 0.15) is 5.82 Å². The molecule has 0 spiro atoms. The lowest BCUT2D eigenvalue weighted by Gasteiger charge is -2.35. The zero-order valence-corrected chi connectivity index (χ0v) is 14.5. The van der Waals surface area contributed by atoms with Gasteiger partial charge >= 0.3 is 0 Å². The molecule has 2 aromatic carbocycles. The maximum absolute atomic E-state index is 12.2. The molecule has 1 aliphatic heterocycles. The molecular formula is C19H19ClN4O. The van der Waals surface area contributed by atoms with E-state index < -0.39 is 0 Å². The molecule has 1 aromatic heterocycles. The van der Waals surface area contributed by atoms with Crippen molar-refractivity contribution in [1.82, 2.24) is 14.9 Å². The maximum atomic E-state index is 12.2. The van der Waals surface area contributed by atoms with E-state index in [1.54, 1.807) is 18.2 Å². The average Bonchev–Trinajstić information content (AvgIpc) is 2.64. The standard InChI is InChI=1S/C19H19ClN4O/c20-14-6-7-17-16(12-14)19(25)22-18(21-17)13-23-8-10-24(11-9-23)15-4-2-1-3-5-15/h1-7,12H,8-11,13H2,(H,21,22,25). The number of halogens is 1. The minimum Gasteiger partial charge on any atom is -0.369 e. The van der Waals surface area contributed by atoms with Gasteiger partial charge < -0.3 is 9.88 Å². The molecule has 3 aromatic rings. The molecular weight excluding hydrogens is 336 g/mol. The number of aromatic amines is 1. The van der Waals surface area contributed by atoms with Crippen molar-refractivity contribution in [2.24, 2.45) is 0 Å². The summed E-state index contributed by atoms with van der Waals surface area (Å²) in [7, 11) is 0. The normalized spacial score (nSPS) is 15.6. The van der Waals surface area contributed by atoms with Crippen LogP contribution < -0.4 is 10.5 Å². The number of nitrogens with zero attached hydrogens (tertiary/aromatic N) is 3. The summed E-state index contributed by atoms with van der Waals surface area (Å²) in [6.45, 7) is 4.47. The number of rotatable bonds is 3. The first-order valence-corrected chi connectivity index (χ1v) is 8.78. The molecule has 0 unspecified atom stereocenters. The maximum Gasteiger partial charge on any atom is 0.258 e. The third-order valence-corrected chi connectivity index (χ3v) is 4.82. The third kappa shape index (κ3) is 3.52. The van der Waals surface area contributed by atoms with Crippen molar-refractivity contribution in [2.75, 3.05) is 31.1 Å². The molecule has 5 nitrogen and oxygen atoms in total. The van der Waals surface area contributed by atoms with Crippen LogP contribution in [0.4, 0.5) is 5.69 Å². The number of anilines is 1. The Morgan fingerprint density at radius 3 is 2.56 bits per heavy atom. The number of piperazine rings is 1. The van der Waals surface area contributed by atoms with Gasteiger partial charge in [0.15, 0.2) is 0 Å². The molecule has 0 amide bonds. The van der Waals surface area contributed by atoms with Crippen molar-refractivity contribution in [3.63, 3.8) is 0 Å². The van der Waals surface area contributed by atoms with E-state index in [9.17, 15) is 4.79 Å². The second-order valence-corrected chi connectivity index (χ2v) is 6.71. The van der Waals surface area contributed by atoms with Crippen molar-refractivity contribution in [3.05, 3.63) is 69.7 Å². The first kappa shape index (κ1) is 16.1. The first-order valence-electron chi connectivity index (χ1n) is 8.40. The van der Waals surface area contributed by atoms with Gasteiger partial charge in [-0.3, -0.25) is 9.69 Å². The Balaban J connectivity index is 1.46. The van der Waals surface area contributed by atoms with Gasteiger partial charge in [-0.05, 0) is 30.3 Å². The Labute approximate surface area is 150 Å². The van der Waals surface area contributed by atoms with Gasteiger partial charge in [0.05, 0.1) is 17.4 Å². The van der Waals surface area contributed by atoms with Crippen molar-refractivity contribution in [1.29, 1.82) is 0 Å². The van der Waals surface area contributed by atoms with E-state index in [1.165, 1.54) is 5.69 Å². The Hall–Kier alpha value is -2.37. The number of nitrogens with one attached hydrogen (secondary N) is 1. The van der Waals surface area contributed by atoms with E-state index in [1.807, 2.05) is 6.07 Å². The number of fused-ring (bicyclic) bond motifs is 1. The van der Waals surface area contributed by atoms with E-state index in [2.05, 4.69) is 44.0 Å². The van der Waals surface area contributed by atoms with Gasteiger partial charge in [0.1, 0.15) is 5.82 Å². The summed E-state index contributed by atoms with van der Waals surface area (Å²) in [6.07, 6.45) is 0. The van der Waals surface area contributed by atoms with Crippen LogP contribution in [0.5, 0.6) is 0 Å². The van der Waals surface area contributed by atoms with Crippen LogP contribution in [-0.2, 0) is 6.54 Å². The van der Waals surface area contributed by atoms with Gasteiger partial charge in [-0.25, -0.2) is 4.98 Å². The SMILES string of the molecule is O=c1[nH]c(CN2CCN(c3ccccc3)CC2)nc2ccc(Cl)cc12. The fourth-order valence-corrected chi connectivity index (χ4v) is 3.42. The summed E-state index contributed by atoms with van der Waals surface area (Å²) in [4.78, 5) is 24.4. The number of H-pyrrole nitrogens is 1. The van der Waals surface area contributed by atoms with Gasteiger partial charge in [-0.1, -0.05) is 29.8 Å². The predicted octanol–water partition coefficient (Wildman–Crippen LogP) is 2.90. The van der Waals surface area contributed by atoms with Gasteiger partial charge in [-0.15, -0.1) is 0 Å². The largest absolute Gasteiger partial charge is 0.369 e. The van der Waals surface area contributed by atoms with Crippen LogP contribution >= 0.6 is 11.6 Å². The van der Waals surface area contributed by atoms with Gasteiger partial charge in [-0.2, -0.15) is 0 Å². The lowest BCUT2D eigenvalue weighted by atomic mass is 10.2. The quantitative estimate of drug-likeness (QED) is 0.785. The smallest absolute Gasteiger partial charge is 0.258 e. The number of para-hydroxylation sites is 1. The second kappa shape index (κ2) is 6.86. The molecule has 1 N–H and O–H groups in total. The molecule has 0 atom stereocenters. The molecule has 0 bridgehead atoms. The van der Waals surface area contributed by atoms with Gasteiger partial charge in [0, 0.05) is 36.9 Å². The molecule has 0 radical (unpaired) electrons.